The van der Waals surface area contributed by atoms with Crippen molar-refractivity contribution in [3.8, 4) is 11.8 Å². The number of rotatable bonds is 3. The first-order chi connectivity index (χ1) is 10.3. The molecule has 1 fully saturated rings. The van der Waals surface area contributed by atoms with Crippen molar-refractivity contribution in [3.05, 3.63) is 35.4 Å². The van der Waals surface area contributed by atoms with Gasteiger partial charge in [0.15, 0.2) is 0 Å². The summed E-state index contributed by atoms with van der Waals surface area (Å²) >= 11 is 0. The Morgan fingerprint density at radius 3 is 2.71 bits per heavy atom. The van der Waals surface area contributed by atoms with Crippen LogP contribution in [0.2, 0.25) is 0 Å². The molecule has 0 unspecified atom stereocenters. The topological polar surface area (TPSA) is 49.3 Å². The first-order valence-electron chi connectivity index (χ1n) is 7.80. The fourth-order valence-corrected chi connectivity index (χ4v) is 2.65. The van der Waals surface area contributed by atoms with Crippen molar-refractivity contribution in [2.45, 2.75) is 51.0 Å². The van der Waals surface area contributed by atoms with Crippen LogP contribution in [0.25, 0.3) is 0 Å². The Kier molecular flexibility index (Phi) is 6.30. The third kappa shape index (κ3) is 5.24. The minimum Gasteiger partial charge on any atom is -0.395 e. The second-order valence-corrected chi connectivity index (χ2v) is 5.52. The highest BCUT2D eigenvalue weighted by Gasteiger charge is 2.15. The lowest BCUT2D eigenvalue weighted by atomic mass is 10.1. The van der Waals surface area contributed by atoms with E-state index in [1.54, 1.807) is 0 Å². The fraction of sp³-hybridized carbons (Fsp3) is 0.500. The number of carbonyl (C=O) groups is 1. The molecule has 0 aromatic heterocycles. The van der Waals surface area contributed by atoms with Gasteiger partial charge in [-0.25, -0.2) is 0 Å². The monoisotopic (exact) mass is 285 g/mol. The molecule has 1 aromatic rings. The van der Waals surface area contributed by atoms with Crippen LogP contribution in [-0.4, -0.2) is 23.7 Å². The maximum absolute atomic E-state index is 12.3. The molecule has 3 heteroatoms. The van der Waals surface area contributed by atoms with E-state index in [-0.39, 0.29) is 12.5 Å². The largest absolute Gasteiger partial charge is 0.395 e. The van der Waals surface area contributed by atoms with Crippen LogP contribution in [-0.2, 0) is 0 Å². The van der Waals surface area contributed by atoms with Gasteiger partial charge in [0.1, 0.15) is 0 Å². The molecule has 1 amide bonds. The first-order valence-corrected chi connectivity index (χ1v) is 7.80. The van der Waals surface area contributed by atoms with Crippen molar-refractivity contribution < 1.29 is 9.90 Å². The quantitative estimate of drug-likeness (QED) is 0.663. The van der Waals surface area contributed by atoms with Gasteiger partial charge in [0.05, 0.1) is 6.61 Å². The van der Waals surface area contributed by atoms with E-state index < -0.39 is 0 Å². The summed E-state index contributed by atoms with van der Waals surface area (Å²) in [4.78, 5) is 12.3. The highest BCUT2D eigenvalue weighted by atomic mass is 16.2. The number of carbonyl (C=O) groups excluding carboxylic acids is 1. The van der Waals surface area contributed by atoms with Gasteiger partial charge in [-0.05, 0) is 31.0 Å². The summed E-state index contributed by atoms with van der Waals surface area (Å²) in [5, 5.41) is 11.9. The molecule has 0 bridgehead atoms. The van der Waals surface area contributed by atoms with E-state index in [0.29, 0.717) is 18.0 Å². The maximum atomic E-state index is 12.3. The molecule has 0 atom stereocenters. The van der Waals surface area contributed by atoms with Crippen molar-refractivity contribution in [3.63, 3.8) is 0 Å². The summed E-state index contributed by atoms with van der Waals surface area (Å²) in [5.41, 5.74) is 1.48. The number of benzene rings is 1. The predicted molar refractivity (Wildman–Crippen MR) is 84.0 cm³/mol. The van der Waals surface area contributed by atoms with Gasteiger partial charge >= 0.3 is 0 Å². The smallest absolute Gasteiger partial charge is 0.251 e. The lowest BCUT2D eigenvalue weighted by Crippen LogP contribution is -2.34. The number of nitrogens with one attached hydrogen (secondary N) is 1. The molecular formula is C18H23NO2. The van der Waals surface area contributed by atoms with E-state index in [2.05, 4.69) is 17.2 Å². The molecule has 21 heavy (non-hydrogen) atoms. The van der Waals surface area contributed by atoms with E-state index in [0.717, 1.165) is 18.4 Å². The Morgan fingerprint density at radius 1 is 1.24 bits per heavy atom. The zero-order chi connectivity index (χ0) is 14.9. The summed E-state index contributed by atoms with van der Waals surface area (Å²) in [6.07, 6.45) is 7.60. The number of aliphatic hydroxyl groups is 1. The average Bonchev–Trinajstić information content (AvgIpc) is 2.76. The van der Waals surface area contributed by atoms with Gasteiger partial charge in [-0.15, -0.1) is 0 Å². The molecule has 3 nitrogen and oxygen atoms in total. The van der Waals surface area contributed by atoms with Crippen LogP contribution in [0.3, 0.4) is 0 Å². The second-order valence-electron chi connectivity index (χ2n) is 5.52. The average molecular weight is 285 g/mol. The summed E-state index contributed by atoms with van der Waals surface area (Å²) in [6, 6.07) is 7.68. The van der Waals surface area contributed by atoms with Crippen molar-refractivity contribution in [2.24, 2.45) is 0 Å². The molecule has 0 spiro atoms. The van der Waals surface area contributed by atoms with Crippen molar-refractivity contribution in [1.82, 2.24) is 5.32 Å². The van der Waals surface area contributed by atoms with Gasteiger partial charge in [0, 0.05) is 23.6 Å². The fourth-order valence-electron chi connectivity index (χ4n) is 2.65. The van der Waals surface area contributed by atoms with Gasteiger partial charge in [-0.1, -0.05) is 43.6 Å². The Morgan fingerprint density at radius 2 is 2.00 bits per heavy atom. The molecule has 0 saturated heterocycles. The van der Waals surface area contributed by atoms with Crippen molar-refractivity contribution in [1.29, 1.82) is 0 Å². The van der Waals surface area contributed by atoms with E-state index in [9.17, 15) is 4.79 Å². The number of hydrogen-bond donors (Lipinski definition) is 2. The number of amides is 1. The minimum atomic E-state index is -0.00675. The lowest BCUT2D eigenvalue weighted by molar-refractivity contribution is 0.0933. The molecule has 0 radical (unpaired) electrons. The zero-order valence-electron chi connectivity index (χ0n) is 12.4. The third-order valence-corrected chi connectivity index (χ3v) is 3.78. The van der Waals surface area contributed by atoms with Gasteiger partial charge in [0.25, 0.3) is 5.91 Å². The summed E-state index contributed by atoms with van der Waals surface area (Å²) in [5.74, 6) is 5.83. The summed E-state index contributed by atoms with van der Waals surface area (Å²) in [7, 11) is 0. The Hall–Kier alpha value is -1.79. The van der Waals surface area contributed by atoms with E-state index in [1.165, 1.54) is 25.7 Å². The molecule has 112 valence electrons. The molecule has 2 rings (SSSR count). The Balaban J connectivity index is 1.98. The van der Waals surface area contributed by atoms with E-state index in [4.69, 9.17) is 5.11 Å². The Labute approximate surface area is 126 Å². The highest BCUT2D eigenvalue weighted by molar-refractivity contribution is 5.94. The Bertz CT molecular complexity index is 520. The highest BCUT2D eigenvalue weighted by Crippen LogP contribution is 2.17. The molecule has 1 saturated carbocycles. The number of aliphatic hydroxyl groups excluding tert-OH is 1. The molecule has 1 aliphatic rings. The van der Waals surface area contributed by atoms with Gasteiger partial charge in [-0.2, -0.15) is 0 Å². The van der Waals surface area contributed by atoms with Crippen LogP contribution in [0.15, 0.2) is 24.3 Å². The van der Waals surface area contributed by atoms with Crippen LogP contribution in [0.1, 0.15) is 60.9 Å². The SMILES string of the molecule is O=C(NC1CCCCCC1)c1cccc(C#CCCO)c1. The maximum Gasteiger partial charge on any atom is 0.251 e. The zero-order valence-corrected chi connectivity index (χ0v) is 12.4. The van der Waals surface area contributed by atoms with Gasteiger partial charge in [-0.3, -0.25) is 4.79 Å². The third-order valence-electron chi connectivity index (χ3n) is 3.78. The van der Waals surface area contributed by atoms with Crippen molar-refractivity contribution >= 4 is 5.91 Å². The summed E-state index contributed by atoms with van der Waals surface area (Å²) < 4.78 is 0. The van der Waals surface area contributed by atoms with E-state index in [1.807, 2.05) is 24.3 Å². The van der Waals surface area contributed by atoms with Crippen molar-refractivity contribution in [2.75, 3.05) is 6.61 Å². The van der Waals surface area contributed by atoms with Crippen LogP contribution in [0.5, 0.6) is 0 Å². The van der Waals surface area contributed by atoms with Crippen LogP contribution >= 0.6 is 0 Å². The first kappa shape index (κ1) is 15.6. The lowest BCUT2D eigenvalue weighted by Gasteiger charge is -2.16. The van der Waals surface area contributed by atoms with Crippen LogP contribution in [0, 0.1) is 11.8 Å². The molecule has 1 aromatic carbocycles. The van der Waals surface area contributed by atoms with Crippen LogP contribution in [0.4, 0.5) is 0 Å². The molecule has 0 aliphatic heterocycles. The van der Waals surface area contributed by atoms with Gasteiger partial charge in [0.2, 0.25) is 0 Å². The predicted octanol–water partition coefficient (Wildman–Crippen LogP) is 2.87. The normalized spacial score (nSPS) is 15.7. The number of hydrogen-bond acceptors (Lipinski definition) is 2. The molecule has 2 N–H and O–H groups in total. The van der Waals surface area contributed by atoms with Gasteiger partial charge < -0.3 is 10.4 Å². The summed E-state index contributed by atoms with van der Waals surface area (Å²) in [6.45, 7) is 0.0643. The second kappa shape index (κ2) is 8.49. The molecule has 0 heterocycles. The van der Waals surface area contributed by atoms with E-state index >= 15 is 0 Å². The minimum absolute atomic E-state index is 0.00675. The standard InChI is InChI=1S/C18H23NO2/c20-13-6-5-8-15-9-7-10-16(14-15)18(21)19-17-11-3-1-2-4-12-17/h7,9-10,14,17,20H,1-4,6,11-13H2,(H,19,21). The van der Waals surface area contributed by atoms with Crippen LogP contribution < -0.4 is 5.32 Å². The molecule has 1 aliphatic carbocycles. The molecular weight excluding hydrogens is 262 g/mol.